The number of amides is 1. The van der Waals surface area contributed by atoms with Crippen LogP contribution in [-0.2, 0) is 19.6 Å². The molecule has 10 heteroatoms. The minimum Gasteiger partial charge on any atom is -0.465 e. The normalized spacial score (nSPS) is 15.6. The van der Waals surface area contributed by atoms with Gasteiger partial charge in [0, 0.05) is 30.1 Å². The zero-order valence-corrected chi connectivity index (χ0v) is 17.7. The van der Waals surface area contributed by atoms with E-state index >= 15 is 0 Å². The van der Waals surface area contributed by atoms with Crippen molar-refractivity contribution in [2.24, 2.45) is 5.92 Å². The van der Waals surface area contributed by atoms with Gasteiger partial charge in [-0.2, -0.15) is 9.40 Å². The third-order valence-electron chi connectivity index (χ3n) is 5.44. The molecule has 1 aliphatic rings. The number of piperidine rings is 1. The van der Waals surface area contributed by atoms with Crippen molar-refractivity contribution in [3.63, 3.8) is 0 Å². The van der Waals surface area contributed by atoms with Crippen molar-refractivity contribution in [2.45, 2.75) is 17.7 Å². The van der Waals surface area contributed by atoms with Gasteiger partial charge in [-0.05, 0) is 43.2 Å². The number of H-pyrrole nitrogens is 1. The second kappa shape index (κ2) is 8.48. The molecular weight excluding hydrogens is 420 g/mol. The number of methoxy groups -OCH3 is 1. The minimum atomic E-state index is -3.88. The number of sulfonamides is 1. The number of anilines is 1. The SMILES string of the molecule is COC(=O)c1ccccc1S(=O)(=O)N1CCC(C(=O)Nc2ccc3[nH]ncc3c2)CC1. The Kier molecular flexibility index (Phi) is 5.75. The van der Waals surface area contributed by atoms with Crippen LogP contribution >= 0.6 is 0 Å². The molecule has 4 rings (SSSR count). The number of esters is 1. The Morgan fingerprint density at radius 1 is 1.16 bits per heavy atom. The van der Waals surface area contributed by atoms with Gasteiger partial charge in [-0.15, -0.1) is 0 Å². The first kappa shape index (κ1) is 21.0. The molecule has 0 atom stereocenters. The van der Waals surface area contributed by atoms with Gasteiger partial charge in [0.1, 0.15) is 0 Å². The van der Waals surface area contributed by atoms with Gasteiger partial charge in [0.05, 0.1) is 29.3 Å². The fourth-order valence-electron chi connectivity index (χ4n) is 3.73. The Bertz CT molecular complexity index is 1230. The third-order valence-corrected chi connectivity index (χ3v) is 7.40. The highest BCUT2D eigenvalue weighted by atomic mass is 32.2. The van der Waals surface area contributed by atoms with Crippen LogP contribution in [0.2, 0.25) is 0 Å². The topological polar surface area (TPSA) is 121 Å². The number of aromatic nitrogens is 2. The Morgan fingerprint density at radius 2 is 1.90 bits per heavy atom. The number of ether oxygens (including phenoxy) is 1. The summed E-state index contributed by atoms with van der Waals surface area (Å²) in [6, 6.07) is 11.4. The molecule has 2 N–H and O–H groups in total. The Balaban J connectivity index is 1.43. The molecule has 162 valence electrons. The number of hydrogen-bond donors (Lipinski definition) is 2. The summed E-state index contributed by atoms with van der Waals surface area (Å²) in [5, 5.41) is 10.6. The van der Waals surface area contributed by atoms with Gasteiger partial charge in [0.15, 0.2) is 0 Å². The van der Waals surface area contributed by atoms with Crippen LogP contribution in [0.25, 0.3) is 10.9 Å². The number of fused-ring (bicyclic) bond motifs is 1. The molecule has 0 bridgehead atoms. The number of carbonyl (C=O) groups excluding carboxylic acids is 2. The molecule has 9 nitrogen and oxygen atoms in total. The zero-order valence-electron chi connectivity index (χ0n) is 16.9. The van der Waals surface area contributed by atoms with E-state index in [0.717, 1.165) is 10.9 Å². The summed E-state index contributed by atoms with van der Waals surface area (Å²) in [6.45, 7) is 0.382. The Morgan fingerprint density at radius 3 is 2.65 bits per heavy atom. The molecule has 0 spiro atoms. The monoisotopic (exact) mass is 442 g/mol. The van der Waals surface area contributed by atoms with Gasteiger partial charge in [-0.1, -0.05) is 12.1 Å². The highest BCUT2D eigenvalue weighted by Gasteiger charge is 2.34. The predicted octanol–water partition coefficient (Wildman–Crippen LogP) is 2.39. The van der Waals surface area contributed by atoms with E-state index in [0.29, 0.717) is 18.5 Å². The Hall–Kier alpha value is -3.24. The lowest BCUT2D eigenvalue weighted by Crippen LogP contribution is -2.41. The average molecular weight is 442 g/mol. The maximum absolute atomic E-state index is 13.1. The summed E-state index contributed by atoms with van der Waals surface area (Å²) in [5.41, 5.74) is 1.55. The molecule has 1 aromatic heterocycles. The number of carbonyl (C=O) groups is 2. The summed E-state index contributed by atoms with van der Waals surface area (Å²) < 4.78 is 32.2. The van der Waals surface area contributed by atoms with Gasteiger partial charge >= 0.3 is 5.97 Å². The number of rotatable bonds is 5. The summed E-state index contributed by atoms with van der Waals surface area (Å²) in [4.78, 5) is 24.6. The third kappa shape index (κ3) is 4.17. The molecule has 0 saturated carbocycles. The largest absolute Gasteiger partial charge is 0.465 e. The average Bonchev–Trinajstić information content (AvgIpc) is 3.26. The predicted molar refractivity (Wildman–Crippen MR) is 114 cm³/mol. The second-order valence-corrected chi connectivity index (χ2v) is 9.23. The van der Waals surface area contributed by atoms with Crippen LogP contribution < -0.4 is 5.32 Å². The fourth-order valence-corrected chi connectivity index (χ4v) is 5.38. The van der Waals surface area contributed by atoms with E-state index in [9.17, 15) is 18.0 Å². The van der Waals surface area contributed by atoms with Crippen molar-refractivity contribution < 1.29 is 22.7 Å². The summed E-state index contributed by atoms with van der Waals surface area (Å²) in [5.74, 6) is -1.15. The van der Waals surface area contributed by atoms with Gasteiger partial charge in [-0.3, -0.25) is 9.89 Å². The van der Waals surface area contributed by atoms with E-state index in [1.54, 1.807) is 24.4 Å². The molecule has 0 radical (unpaired) electrons. The van der Waals surface area contributed by atoms with Crippen LogP contribution in [0, 0.1) is 5.92 Å². The molecule has 3 aromatic rings. The van der Waals surface area contributed by atoms with E-state index < -0.39 is 16.0 Å². The first-order chi connectivity index (χ1) is 14.9. The van der Waals surface area contributed by atoms with Gasteiger partial charge in [-0.25, -0.2) is 13.2 Å². The lowest BCUT2D eigenvalue weighted by molar-refractivity contribution is -0.120. The summed E-state index contributed by atoms with van der Waals surface area (Å²) >= 11 is 0. The number of nitrogens with zero attached hydrogens (tertiary/aromatic N) is 2. The standard InChI is InChI=1S/C21H22N4O5S/c1-30-21(27)17-4-2-3-5-19(17)31(28,29)25-10-8-14(9-11-25)20(26)23-16-6-7-18-15(12-16)13-22-24-18/h2-7,12-14H,8-11H2,1H3,(H,22,24)(H,23,26). The fraction of sp³-hybridized carbons (Fsp3) is 0.286. The number of aromatic amines is 1. The zero-order chi connectivity index (χ0) is 22.0. The molecule has 1 fully saturated rings. The first-order valence-corrected chi connectivity index (χ1v) is 11.3. The lowest BCUT2D eigenvalue weighted by atomic mass is 9.97. The highest BCUT2D eigenvalue weighted by Crippen LogP contribution is 2.27. The van der Waals surface area contributed by atoms with Crippen LogP contribution in [0.3, 0.4) is 0 Å². The molecule has 2 heterocycles. The van der Waals surface area contributed by atoms with Crippen molar-refractivity contribution >= 4 is 38.5 Å². The maximum atomic E-state index is 13.1. The van der Waals surface area contributed by atoms with E-state index in [4.69, 9.17) is 4.74 Å². The van der Waals surface area contributed by atoms with E-state index in [2.05, 4.69) is 15.5 Å². The Labute approximate surface area is 179 Å². The maximum Gasteiger partial charge on any atom is 0.339 e. The molecule has 31 heavy (non-hydrogen) atoms. The molecule has 1 saturated heterocycles. The van der Waals surface area contributed by atoms with Gasteiger partial charge in [0.25, 0.3) is 0 Å². The number of hydrogen-bond acceptors (Lipinski definition) is 6. The van der Waals surface area contributed by atoms with E-state index in [1.807, 2.05) is 12.1 Å². The van der Waals surface area contributed by atoms with Crippen molar-refractivity contribution in [2.75, 3.05) is 25.5 Å². The van der Waals surface area contributed by atoms with Crippen LogP contribution in [0.1, 0.15) is 23.2 Å². The van der Waals surface area contributed by atoms with Crippen LogP contribution in [0.5, 0.6) is 0 Å². The number of benzene rings is 2. The first-order valence-electron chi connectivity index (χ1n) is 9.81. The van der Waals surface area contributed by atoms with Gasteiger partial charge < -0.3 is 10.1 Å². The smallest absolute Gasteiger partial charge is 0.339 e. The van der Waals surface area contributed by atoms with Gasteiger partial charge in [0.2, 0.25) is 15.9 Å². The van der Waals surface area contributed by atoms with Crippen LogP contribution in [0.15, 0.2) is 53.6 Å². The quantitative estimate of drug-likeness (QED) is 0.585. The minimum absolute atomic E-state index is 0.000458. The molecule has 2 aromatic carbocycles. The van der Waals surface area contributed by atoms with Crippen molar-refractivity contribution in [3.05, 3.63) is 54.2 Å². The van der Waals surface area contributed by atoms with Crippen LogP contribution in [-0.4, -0.2) is 55.0 Å². The van der Waals surface area contributed by atoms with Crippen molar-refractivity contribution in [3.8, 4) is 0 Å². The highest BCUT2D eigenvalue weighted by molar-refractivity contribution is 7.89. The lowest BCUT2D eigenvalue weighted by Gasteiger charge is -2.31. The van der Waals surface area contributed by atoms with E-state index in [1.165, 1.54) is 23.5 Å². The molecular formula is C21H22N4O5S. The number of nitrogens with one attached hydrogen (secondary N) is 2. The molecule has 1 amide bonds. The second-order valence-electron chi connectivity index (χ2n) is 7.33. The molecule has 0 unspecified atom stereocenters. The molecule has 0 aliphatic carbocycles. The summed E-state index contributed by atoms with van der Waals surface area (Å²) in [6.07, 6.45) is 2.46. The van der Waals surface area contributed by atoms with E-state index in [-0.39, 0.29) is 35.4 Å². The van der Waals surface area contributed by atoms with Crippen LogP contribution in [0.4, 0.5) is 5.69 Å². The summed E-state index contributed by atoms with van der Waals surface area (Å²) in [7, 11) is -2.67. The van der Waals surface area contributed by atoms with Crippen molar-refractivity contribution in [1.82, 2.24) is 14.5 Å². The molecule has 1 aliphatic heterocycles. The van der Waals surface area contributed by atoms with Crippen molar-refractivity contribution in [1.29, 1.82) is 0 Å².